The molecular formula is C7H3ClN2O2. The largest absolute Gasteiger partial charge is 0.363 e. The first-order valence-electron chi connectivity index (χ1n) is 3.19. The molecule has 0 radical (unpaired) electrons. The van der Waals surface area contributed by atoms with Crippen molar-refractivity contribution in [2.75, 3.05) is 0 Å². The molecule has 12 heavy (non-hydrogen) atoms. The van der Waals surface area contributed by atoms with Crippen LogP contribution >= 0.6 is 11.6 Å². The highest BCUT2D eigenvalue weighted by atomic mass is 35.5. The van der Waals surface area contributed by atoms with Gasteiger partial charge in [0, 0.05) is 0 Å². The Morgan fingerprint density at radius 3 is 3.08 bits per heavy atom. The van der Waals surface area contributed by atoms with Crippen LogP contribution in [0.25, 0.3) is 10.9 Å². The van der Waals surface area contributed by atoms with Gasteiger partial charge in [-0.3, -0.25) is 0 Å². The van der Waals surface area contributed by atoms with E-state index in [1.165, 1.54) is 6.26 Å². The number of rotatable bonds is 1. The third kappa shape index (κ3) is 0.887. The van der Waals surface area contributed by atoms with Crippen LogP contribution in [0, 0.1) is 4.91 Å². The summed E-state index contributed by atoms with van der Waals surface area (Å²) < 4.78 is 4.65. The highest BCUT2D eigenvalue weighted by Gasteiger charge is 2.08. The standard InChI is InChI=1S/C7H3ClN2O2/c8-5-1-2-6-4(3-12-10-6)7(5)9-11/h1-3H. The summed E-state index contributed by atoms with van der Waals surface area (Å²) in [7, 11) is 0. The Balaban J connectivity index is 2.91. The van der Waals surface area contributed by atoms with E-state index in [0.717, 1.165) is 0 Å². The van der Waals surface area contributed by atoms with Crippen molar-refractivity contribution in [1.82, 2.24) is 5.16 Å². The average molecular weight is 183 g/mol. The van der Waals surface area contributed by atoms with Crippen LogP contribution in [0.1, 0.15) is 0 Å². The molecule has 0 spiro atoms. The highest BCUT2D eigenvalue weighted by molar-refractivity contribution is 6.34. The Kier molecular flexibility index (Phi) is 1.55. The zero-order valence-corrected chi connectivity index (χ0v) is 6.58. The minimum absolute atomic E-state index is 0.176. The predicted octanol–water partition coefficient (Wildman–Crippen LogP) is 2.88. The van der Waals surface area contributed by atoms with Crippen molar-refractivity contribution in [2.45, 2.75) is 0 Å². The van der Waals surface area contributed by atoms with Gasteiger partial charge in [-0.25, -0.2) is 0 Å². The fourth-order valence-corrected chi connectivity index (χ4v) is 1.19. The van der Waals surface area contributed by atoms with E-state index < -0.39 is 0 Å². The van der Waals surface area contributed by atoms with Crippen molar-refractivity contribution in [3.8, 4) is 0 Å². The summed E-state index contributed by atoms with van der Waals surface area (Å²) in [5.41, 5.74) is 0.754. The summed E-state index contributed by atoms with van der Waals surface area (Å²) in [5.74, 6) is 0. The first kappa shape index (κ1) is 7.24. The molecule has 0 saturated carbocycles. The molecule has 1 aromatic heterocycles. The summed E-state index contributed by atoms with van der Waals surface area (Å²) >= 11 is 5.70. The number of nitroso groups, excluding NO2 is 1. The second kappa shape index (κ2) is 2.57. The van der Waals surface area contributed by atoms with Crippen molar-refractivity contribution in [3.63, 3.8) is 0 Å². The molecule has 0 unspecified atom stereocenters. The normalized spacial score (nSPS) is 10.4. The van der Waals surface area contributed by atoms with E-state index in [9.17, 15) is 4.91 Å². The van der Waals surface area contributed by atoms with Gasteiger partial charge < -0.3 is 4.52 Å². The van der Waals surface area contributed by atoms with Gasteiger partial charge in [-0.1, -0.05) is 16.8 Å². The molecule has 60 valence electrons. The number of halogens is 1. The molecule has 0 aliphatic heterocycles. The zero-order chi connectivity index (χ0) is 8.55. The average Bonchev–Trinajstić information content (AvgIpc) is 2.52. The number of nitrogens with zero attached hydrogens (tertiary/aromatic N) is 2. The molecule has 2 aromatic rings. The van der Waals surface area contributed by atoms with E-state index in [1.54, 1.807) is 12.1 Å². The fourth-order valence-electron chi connectivity index (χ4n) is 0.995. The van der Waals surface area contributed by atoms with E-state index in [4.69, 9.17) is 11.6 Å². The molecule has 0 saturated heterocycles. The van der Waals surface area contributed by atoms with Crippen molar-refractivity contribution >= 4 is 28.2 Å². The quantitative estimate of drug-likeness (QED) is 0.637. The number of benzene rings is 1. The minimum atomic E-state index is 0.176. The summed E-state index contributed by atoms with van der Waals surface area (Å²) in [5, 5.41) is 7.27. The van der Waals surface area contributed by atoms with E-state index in [2.05, 4.69) is 14.9 Å². The molecule has 0 amide bonds. The maximum Gasteiger partial charge on any atom is 0.139 e. The Bertz CT molecular complexity index is 438. The van der Waals surface area contributed by atoms with Gasteiger partial charge in [-0.15, -0.1) is 4.91 Å². The Morgan fingerprint density at radius 2 is 2.33 bits per heavy atom. The number of aromatic nitrogens is 1. The van der Waals surface area contributed by atoms with E-state index in [-0.39, 0.29) is 5.69 Å². The maximum atomic E-state index is 10.3. The Morgan fingerprint density at radius 1 is 1.50 bits per heavy atom. The van der Waals surface area contributed by atoms with Crippen LogP contribution < -0.4 is 0 Å². The molecule has 5 heteroatoms. The monoisotopic (exact) mass is 182 g/mol. The first-order valence-corrected chi connectivity index (χ1v) is 3.56. The molecule has 0 atom stereocenters. The third-order valence-corrected chi connectivity index (χ3v) is 1.86. The van der Waals surface area contributed by atoms with Crippen molar-refractivity contribution < 1.29 is 4.52 Å². The van der Waals surface area contributed by atoms with Crippen LogP contribution in [0.5, 0.6) is 0 Å². The summed E-state index contributed by atoms with van der Waals surface area (Å²) in [4.78, 5) is 10.3. The van der Waals surface area contributed by atoms with Gasteiger partial charge in [0.15, 0.2) is 0 Å². The van der Waals surface area contributed by atoms with E-state index in [0.29, 0.717) is 15.9 Å². The van der Waals surface area contributed by atoms with Gasteiger partial charge >= 0.3 is 0 Å². The van der Waals surface area contributed by atoms with Crippen LogP contribution in [0.2, 0.25) is 5.02 Å². The lowest BCUT2D eigenvalue weighted by molar-refractivity contribution is 0.428. The lowest BCUT2D eigenvalue weighted by Crippen LogP contribution is -1.70. The van der Waals surface area contributed by atoms with Gasteiger partial charge in [0.1, 0.15) is 17.5 Å². The lowest BCUT2D eigenvalue weighted by atomic mass is 10.2. The number of hydrogen-bond acceptors (Lipinski definition) is 4. The van der Waals surface area contributed by atoms with Gasteiger partial charge in [0.25, 0.3) is 0 Å². The van der Waals surface area contributed by atoms with Crippen molar-refractivity contribution in [1.29, 1.82) is 0 Å². The zero-order valence-electron chi connectivity index (χ0n) is 5.82. The van der Waals surface area contributed by atoms with Gasteiger partial charge in [-0.05, 0) is 17.3 Å². The summed E-state index contributed by atoms with van der Waals surface area (Å²) in [6.45, 7) is 0. The molecule has 0 fully saturated rings. The van der Waals surface area contributed by atoms with Crippen LogP contribution in [-0.4, -0.2) is 5.16 Å². The Hall–Kier alpha value is -1.42. The molecule has 1 heterocycles. The van der Waals surface area contributed by atoms with Gasteiger partial charge in [0.2, 0.25) is 0 Å². The number of fused-ring (bicyclic) bond motifs is 1. The van der Waals surface area contributed by atoms with E-state index in [1.807, 2.05) is 0 Å². The molecule has 1 aromatic carbocycles. The summed E-state index contributed by atoms with van der Waals surface area (Å²) in [6.07, 6.45) is 1.35. The molecule has 0 aliphatic carbocycles. The topological polar surface area (TPSA) is 55.5 Å². The lowest BCUT2D eigenvalue weighted by Gasteiger charge is -1.92. The Labute approximate surface area is 72.1 Å². The second-order valence-electron chi connectivity index (χ2n) is 2.23. The van der Waals surface area contributed by atoms with Crippen LogP contribution in [0.4, 0.5) is 5.69 Å². The molecule has 0 bridgehead atoms. The SMILES string of the molecule is O=Nc1c(Cl)ccc2nocc12. The summed E-state index contributed by atoms with van der Waals surface area (Å²) in [6, 6.07) is 3.22. The van der Waals surface area contributed by atoms with Crippen LogP contribution in [0.3, 0.4) is 0 Å². The fraction of sp³-hybridized carbons (Fsp3) is 0. The molecule has 2 rings (SSSR count). The van der Waals surface area contributed by atoms with Crippen LogP contribution in [0.15, 0.2) is 28.1 Å². The second-order valence-corrected chi connectivity index (χ2v) is 2.64. The molecule has 4 nitrogen and oxygen atoms in total. The maximum absolute atomic E-state index is 10.3. The minimum Gasteiger partial charge on any atom is -0.363 e. The first-order chi connectivity index (χ1) is 5.83. The highest BCUT2D eigenvalue weighted by Crippen LogP contribution is 2.32. The molecule has 0 N–H and O–H groups in total. The van der Waals surface area contributed by atoms with Crippen molar-refractivity contribution in [2.24, 2.45) is 5.18 Å². The van der Waals surface area contributed by atoms with Crippen molar-refractivity contribution in [3.05, 3.63) is 28.3 Å². The smallest absolute Gasteiger partial charge is 0.139 e. The van der Waals surface area contributed by atoms with Crippen LogP contribution in [-0.2, 0) is 0 Å². The van der Waals surface area contributed by atoms with E-state index >= 15 is 0 Å². The molecule has 0 aliphatic rings. The third-order valence-electron chi connectivity index (χ3n) is 1.56. The number of hydrogen-bond donors (Lipinski definition) is 0. The van der Waals surface area contributed by atoms with Gasteiger partial charge in [0.05, 0.1) is 10.4 Å². The predicted molar refractivity (Wildman–Crippen MR) is 44.5 cm³/mol. The van der Waals surface area contributed by atoms with Gasteiger partial charge in [-0.2, -0.15) is 0 Å². The molecular weight excluding hydrogens is 180 g/mol.